The molecule has 4 heteroatoms. The molecule has 0 amide bonds. The first-order valence-corrected chi connectivity index (χ1v) is 6.54. The van der Waals surface area contributed by atoms with Gasteiger partial charge in [-0.3, -0.25) is 4.79 Å². The Kier molecular flexibility index (Phi) is 5.93. The molecule has 0 aromatic heterocycles. The van der Waals surface area contributed by atoms with Crippen LogP contribution in [0.4, 0.5) is 0 Å². The van der Waals surface area contributed by atoms with E-state index in [1.807, 2.05) is 26.0 Å². The smallest absolute Gasteiger partial charge is 0.314 e. The van der Waals surface area contributed by atoms with Crippen molar-refractivity contribution in [3.63, 3.8) is 0 Å². The molecule has 1 unspecified atom stereocenters. The highest BCUT2D eigenvalue weighted by molar-refractivity contribution is 5.73. The Morgan fingerprint density at radius 1 is 1.42 bits per heavy atom. The van der Waals surface area contributed by atoms with E-state index in [0.29, 0.717) is 5.76 Å². The third kappa shape index (κ3) is 4.32. The first kappa shape index (κ1) is 15.1. The zero-order chi connectivity index (χ0) is 14.3. The molecular formula is C15H20O4. The van der Waals surface area contributed by atoms with Crippen LogP contribution >= 0.6 is 0 Å². The second-order valence-corrected chi connectivity index (χ2v) is 4.00. The molecule has 0 fully saturated rings. The lowest BCUT2D eigenvalue weighted by Gasteiger charge is -2.18. The van der Waals surface area contributed by atoms with Crippen LogP contribution in [0.1, 0.15) is 33.1 Å². The maximum absolute atomic E-state index is 10.8. The maximum atomic E-state index is 10.8. The van der Waals surface area contributed by atoms with E-state index < -0.39 is 11.9 Å². The van der Waals surface area contributed by atoms with Crippen LogP contribution in [-0.4, -0.2) is 16.2 Å². The van der Waals surface area contributed by atoms with Gasteiger partial charge in [-0.1, -0.05) is 26.0 Å². The molecule has 2 rings (SSSR count). The van der Waals surface area contributed by atoms with Crippen LogP contribution in [0.25, 0.3) is 0 Å². The normalized spacial score (nSPS) is 21.4. The summed E-state index contributed by atoms with van der Waals surface area (Å²) < 4.78 is 5.57. The average molecular weight is 264 g/mol. The van der Waals surface area contributed by atoms with E-state index in [2.05, 4.69) is 6.08 Å². The number of hydrogen-bond acceptors (Lipinski definition) is 3. The number of carboxylic acid groups (broad SMARTS) is 1. The number of ether oxygens (including phenoxy) is 1. The minimum Gasteiger partial charge on any atom is -0.511 e. The summed E-state index contributed by atoms with van der Waals surface area (Å²) in [6, 6.07) is 0. The van der Waals surface area contributed by atoms with Gasteiger partial charge in [0.25, 0.3) is 0 Å². The van der Waals surface area contributed by atoms with Gasteiger partial charge in [-0.05, 0) is 25.0 Å². The molecule has 104 valence electrons. The summed E-state index contributed by atoms with van der Waals surface area (Å²) in [5, 5.41) is 18.4. The van der Waals surface area contributed by atoms with Crippen molar-refractivity contribution in [3.05, 3.63) is 47.7 Å². The van der Waals surface area contributed by atoms with Crippen LogP contribution in [0.2, 0.25) is 0 Å². The fraction of sp³-hybridized carbons (Fsp3) is 0.400. The van der Waals surface area contributed by atoms with Gasteiger partial charge in [0, 0.05) is 12.5 Å². The number of hydrogen-bond donors (Lipinski definition) is 2. The monoisotopic (exact) mass is 264 g/mol. The predicted octanol–water partition coefficient (Wildman–Crippen LogP) is 3.69. The van der Waals surface area contributed by atoms with E-state index in [1.165, 1.54) is 6.08 Å². The Labute approximate surface area is 113 Å². The van der Waals surface area contributed by atoms with Crippen molar-refractivity contribution in [1.29, 1.82) is 0 Å². The summed E-state index contributed by atoms with van der Waals surface area (Å²) in [5.74, 6) is -0.670. The van der Waals surface area contributed by atoms with E-state index in [4.69, 9.17) is 9.84 Å². The van der Waals surface area contributed by atoms with Crippen molar-refractivity contribution in [1.82, 2.24) is 0 Å². The summed E-state index contributed by atoms with van der Waals surface area (Å²) in [7, 11) is 0. The lowest BCUT2D eigenvalue weighted by Crippen LogP contribution is -2.18. The highest BCUT2D eigenvalue weighted by Gasteiger charge is 2.25. The van der Waals surface area contributed by atoms with Crippen LogP contribution in [0.5, 0.6) is 0 Å². The summed E-state index contributed by atoms with van der Waals surface area (Å²) in [6.07, 6.45) is 10.9. The van der Waals surface area contributed by atoms with Crippen LogP contribution < -0.4 is 0 Å². The van der Waals surface area contributed by atoms with Crippen LogP contribution in [-0.2, 0) is 9.53 Å². The molecule has 0 aromatic rings. The lowest BCUT2D eigenvalue weighted by molar-refractivity contribution is -0.141. The third-order valence-corrected chi connectivity index (χ3v) is 2.72. The summed E-state index contributed by atoms with van der Waals surface area (Å²) in [6.45, 7) is 4.00. The molecule has 19 heavy (non-hydrogen) atoms. The average Bonchev–Trinajstić information content (AvgIpc) is 2.42. The van der Waals surface area contributed by atoms with Crippen LogP contribution in [0, 0.1) is 5.92 Å². The van der Waals surface area contributed by atoms with Gasteiger partial charge in [0.2, 0.25) is 0 Å². The molecule has 2 aliphatic carbocycles. The van der Waals surface area contributed by atoms with Gasteiger partial charge in [-0.25, -0.2) is 0 Å². The van der Waals surface area contributed by atoms with Crippen molar-refractivity contribution in [3.8, 4) is 0 Å². The maximum Gasteiger partial charge on any atom is 0.314 e. The van der Waals surface area contributed by atoms with E-state index in [0.717, 1.165) is 18.6 Å². The first-order valence-electron chi connectivity index (χ1n) is 6.54. The van der Waals surface area contributed by atoms with Gasteiger partial charge in [0.15, 0.2) is 0 Å². The molecule has 0 aromatic carbocycles. The highest BCUT2D eigenvalue weighted by atomic mass is 16.5. The molecule has 2 aliphatic rings. The van der Waals surface area contributed by atoms with Crippen molar-refractivity contribution in [2.24, 2.45) is 5.92 Å². The topological polar surface area (TPSA) is 66.8 Å². The molecular weight excluding hydrogens is 244 g/mol. The molecule has 0 saturated carbocycles. The quantitative estimate of drug-likeness (QED) is 0.815. The Hall–Kier alpha value is -1.97. The van der Waals surface area contributed by atoms with Gasteiger partial charge in [0.05, 0.1) is 0 Å². The summed E-state index contributed by atoms with van der Waals surface area (Å²) >= 11 is 0. The van der Waals surface area contributed by atoms with Crippen LogP contribution in [0.15, 0.2) is 47.7 Å². The Balaban J connectivity index is 0.000000861. The minimum absolute atomic E-state index is 0.151. The second kappa shape index (κ2) is 7.46. The van der Waals surface area contributed by atoms with Crippen LogP contribution in [0.3, 0.4) is 0 Å². The number of carboxylic acids is 1. The van der Waals surface area contributed by atoms with Crippen molar-refractivity contribution in [2.45, 2.75) is 33.1 Å². The number of aliphatic carboxylic acids is 1. The summed E-state index contributed by atoms with van der Waals surface area (Å²) in [5.41, 5.74) is 0. The number of allylic oxidation sites excluding steroid dienone is 6. The molecule has 0 saturated heterocycles. The van der Waals surface area contributed by atoms with Gasteiger partial charge < -0.3 is 14.9 Å². The molecule has 2 N–H and O–H groups in total. The molecule has 0 aliphatic heterocycles. The Bertz CT molecular complexity index is 441. The van der Waals surface area contributed by atoms with Gasteiger partial charge in [-0.2, -0.15) is 0 Å². The summed E-state index contributed by atoms with van der Waals surface area (Å²) in [4.78, 5) is 10.8. The van der Waals surface area contributed by atoms with E-state index in [-0.39, 0.29) is 12.2 Å². The Morgan fingerprint density at radius 3 is 2.68 bits per heavy atom. The molecule has 0 radical (unpaired) electrons. The van der Waals surface area contributed by atoms with Crippen molar-refractivity contribution in [2.75, 3.05) is 0 Å². The zero-order valence-electron chi connectivity index (χ0n) is 11.3. The number of aliphatic hydroxyl groups is 1. The fourth-order valence-corrected chi connectivity index (χ4v) is 1.78. The van der Waals surface area contributed by atoms with Crippen molar-refractivity contribution >= 4 is 5.97 Å². The largest absolute Gasteiger partial charge is 0.511 e. The molecule has 4 nitrogen and oxygen atoms in total. The number of aliphatic hydroxyl groups excluding tert-OH is 1. The number of rotatable bonds is 3. The zero-order valence-corrected chi connectivity index (χ0v) is 11.3. The van der Waals surface area contributed by atoms with Gasteiger partial charge in [-0.15, -0.1) is 0 Å². The van der Waals surface area contributed by atoms with E-state index in [9.17, 15) is 9.90 Å². The van der Waals surface area contributed by atoms with Crippen molar-refractivity contribution < 1.29 is 19.7 Å². The third-order valence-electron chi connectivity index (χ3n) is 2.72. The fourth-order valence-electron chi connectivity index (χ4n) is 1.78. The van der Waals surface area contributed by atoms with Gasteiger partial charge in [0.1, 0.15) is 23.2 Å². The molecule has 1 atom stereocenters. The second-order valence-electron chi connectivity index (χ2n) is 4.00. The molecule has 0 spiro atoms. The Morgan fingerprint density at radius 2 is 2.16 bits per heavy atom. The SMILES string of the molecule is CC.O=C(O)C1CC=C(OC2=CC=CCC2)C=C1O. The van der Waals surface area contributed by atoms with E-state index in [1.54, 1.807) is 6.08 Å². The van der Waals surface area contributed by atoms with Gasteiger partial charge >= 0.3 is 5.97 Å². The van der Waals surface area contributed by atoms with E-state index >= 15 is 0 Å². The molecule has 0 heterocycles. The highest BCUT2D eigenvalue weighted by Crippen LogP contribution is 2.26. The molecule has 0 bridgehead atoms. The lowest BCUT2D eigenvalue weighted by atomic mass is 9.98. The predicted molar refractivity (Wildman–Crippen MR) is 73.4 cm³/mol. The minimum atomic E-state index is -1.02. The standard InChI is InChI=1S/C13H14O4.C2H6/c14-12-8-10(6-7-11(12)13(15)16)17-9-4-2-1-3-5-9;1-2/h1-2,4,6,8,11,14H,3,5,7H2,(H,15,16);1-2H3. The first-order chi connectivity index (χ1) is 9.16. The number of carbonyl (C=O) groups is 1.